The lowest BCUT2D eigenvalue weighted by atomic mass is 10.0. The first-order valence-electron chi connectivity index (χ1n) is 9.50. The maximum absolute atomic E-state index is 13.4. The predicted molar refractivity (Wildman–Crippen MR) is 90.5 cm³/mol. The summed E-state index contributed by atoms with van der Waals surface area (Å²) in [6.45, 7) is -1.51. The second-order valence-electron chi connectivity index (χ2n) is 7.16. The Kier molecular flexibility index (Phi) is 13.1. The first kappa shape index (κ1) is 42.6. The third kappa shape index (κ3) is 9.72. The van der Waals surface area contributed by atoms with Crippen LogP contribution in [0.5, 0.6) is 0 Å². The largest absolute Gasteiger partial charge is 0.471 e. The van der Waals surface area contributed by atoms with E-state index in [9.17, 15) is 96.6 Å². The number of hydrogen-bond donors (Lipinski definition) is 0. The molecular formula is C17H12F22O4. The molecule has 43 heavy (non-hydrogen) atoms. The summed E-state index contributed by atoms with van der Waals surface area (Å²) in [4.78, 5) is 0. The Morgan fingerprint density at radius 1 is 0.860 bits per heavy atom. The quantitative estimate of drug-likeness (QED) is 0.169. The molecule has 0 saturated heterocycles. The molecule has 0 aromatic carbocycles. The number of ether oxygens (including phenoxy) is 4. The third-order valence-corrected chi connectivity index (χ3v) is 4.04. The lowest BCUT2D eigenvalue weighted by molar-refractivity contribution is -0.497. The van der Waals surface area contributed by atoms with Crippen molar-refractivity contribution in [2.24, 2.45) is 5.92 Å². The van der Waals surface area contributed by atoms with Crippen molar-refractivity contribution in [3.05, 3.63) is 24.7 Å². The van der Waals surface area contributed by atoms with E-state index in [1.807, 2.05) is 6.58 Å². The van der Waals surface area contributed by atoms with Crippen LogP contribution in [0.4, 0.5) is 96.6 Å². The van der Waals surface area contributed by atoms with E-state index in [0.29, 0.717) is 7.18 Å². The van der Waals surface area contributed by atoms with Crippen LogP contribution in [0.25, 0.3) is 0 Å². The molecule has 0 aliphatic carbocycles. The topological polar surface area (TPSA) is 36.9 Å². The van der Waals surface area contributed by atoms with E-state index in [1.165, 1.54) is 0 Å². The highest BCUT2D eigenvalue weighted by Gasteiger charge is 2.79. The van der Waals surface area contributed by atoms with Gasteiger partial charge in [0, 0.05) is 0 Å². The monoisotopic (exact) mass is 698 g/mol. The fourth-order valence-electron chi connectivity index (χ4n) is 1.97. The van der Waals surface area contributed by atoms with Gasteiger partial charge in [-0.15, -0.1) is 0 Å². The fourth-order valence-corrected chi connectivity index (χ4v) is 1.97. The smallest absolute Gasteiger partial charge is 0.402 e. The number of alkyl halides is 20. The molecule has 3 atom stereocenters. The molecule has 0 bridgehead atoms. The third-order valence-electron chi connectivity index (χ3n) is 4.04. The van der Waals surface area contributed by atoms with Gasteiger partial charge in [-0.05, 0) is 13.5 Å². The molecule has 3 unspecified atom stereocenters. The Hall–Kier alpha value is -2.54. The van der Waals surface area contributed by atoms with Crippen molar-refractivity contribution in [2.75, 3.05) is 13.9 Å². The summed E-state index contributed by atoms with van der Waals surface area (Å²) in [7, 11) is 0.500. The second-order valence-corrected chi connectivity index (χ2v) is 7.16. The Morgan fingerprint density at radius 2 is 1.28 bits per heavy atom. The zero-order valence-electron chi connectivity index (χ0n) is 20.0. The van der Waals surface area contributed by atoms with Crippen molar-refractivity contribution in [1.29, 1.82) is 0 Å². The zero-order chi connectivity index (χ0) is 35.5. The van der Waals surface area contributed by atoms with Crippen molar-refractivity contribution < 1.29 is 116 Å². The van der Waals surface area contributed by atoms with Gasteiger partial charge in [0.25, 0.3) is 12.0 Å². The molecule has 4 nitrogen and oxygen atoms in total. The molecule has 0 radical (unpaired) electrons. The van der Waals surface area contributed by atoms with Crippen LogP contribution in [0.2, 0.25) is 0 Å². The van der Waals surface area contributed by atoms with Gasteiger partial charge < -0.3 is 9.47 Å². The molecule has 0 spiro atoms. The predicted octanol–water partition coefficient (Wildman–Crippen LogP) is 8.96. The van der Waals surface area contributed by atoms with Gasteiger partial charge in [-0.3, -0.25) is 13.9 Å². The van der Waals surface area contributed by atoms with Gasteiger partial charge in [0.1, 0.15) is 5.92 Å². The van der Waals surface area contributed by atoms with E-state index >= 15 is 0 Å². The molecule has 0 aromatic rings. The Balaban J connectivity index is 0. The fraction of sp³-hybridized carbons (Fsp3) is 0.765. The minimum Gasteiger partial charge on any atom is -0.402 e. The molecular weight excluding hydrogens is 686 g/mol. The molecule has 258 valence electrons. The number of rotatable bonds is 10. The SMILES string of the molecule is C=C(F)OC(F)(F)C(F)(OC(F)(F)CF)C(F)(F)F.CC(C(F)(F)F)C(F)(F)C(F)(F)OC1(F)C=C(F)OC1(F)F.CF. The zero-order valence-corrected chi connectivity index (χ0v) is 20.0. The van der Waals surface area contributed by atoms with Crippen molar-refractivity contribution in [3.63, 3.8) is 0 Å². The Labute approximate surface area is 222 Å². The summed E-state index contributed by atoms with van der Waals surface area (Å²) in [5, 5.41) is 0. The highest BCUT2D eigenvalue weighted by Crippen LogP contribution is 2.53. The summed E-state index contributed by atoms with van der Waals surface area (Å²) < 4.78 is 282. The Bertz CT molecular complexity index is 958. The number of hydrogen-bond acceptors (Lipinski definition) is 4. The molecule has 1 aliphatic rings. The molecule has 0 aromatic heterocycles. The van der Waals surface area contributed by atoms with E-state index in [-0.39, 0.29) is 0 Å². The standard InChI is InChI=1S/C9H5F11O2.C7H4F10O2.CH3F/c1-3(7(14,15)16)6(12,13)9(19,20)22-5(11)2-4(10)21-8(5,17)18;1-3(9)18-7(16,17)5(12,6(13,14)15)19-4(10,11)2-8;1-2/h2-3H,1H3;1-2H2;1H3. The average Bonchev–Trinajstić information content (AvgIpc) is 2.96. The van der Waals surface area contributed by atoms with Crippen molar-refractivity contribution in [1.82, 2.24) is 0 Å². The van der Waals surface area contributed by atoms with E-state index in [4.69, 9.17) is 0 Å². The summed E-state index contributed by atoms with van der Waals surface area (Å²) in [6, 6.07) is -5.08. The maximum atomic E-state index is 13.4. The normalized spacial score (nSPS) is 21.6. The molecule has 0 saturated carbocycles. The lowest BCUT2D eigenvalue weighted by Gasteiger charge is -2.35. The molecule has 0 N–H and O–H groups in total. The molecule has 0 amide bonds. The molecule has 1 heterocycles. The van der Waals surface area contributed by atoms with Gasteiger partial charge >= 0.3 is 54.4 Å². The number of halogens is 22. The summed E-state index contributed by atoms with van der Waals surface area (Å²) in [6.07, 6.45) is -37.4. The van der Waals surface area contributed by atoms with Crippen molar-refractivity contribution in [3.8, 4) is 0 Å². The highest BCUT2D eigenvalue weighted by atomic mass is 19.4. The van der Waals surface area contributed by atoms with Crippen molar-refractivity contribution >= 4 is 0 Å². The van der Waals surface area contributed by atoms with Gasteiger partial charge in [-0.1, -0.05) is 0 Å². The van der Waals surface area contributed by atoms with Gasteiger partial charge in [0.15, 0.2) is 6.67 Å². The molecule has 1 aliphatic heterocycles. The Morgan fingerprint density at radius 3 is 1.56 bits per heavy atom. The van der Waals surface area contributed by atoms with Gasteiger partial charge in [0.2, 0.25) is 0 Å². The summed E-state index contributed by atoms with van der Waals surface area (Å²) >= 11 is 0. The molecule has 1 rings (SSSR count). The second kappa shape index (κ2) is 13.2. The van der Waals surface area contributed by atoms with E-state index < -0.39 is 92.0 Å². The van der Waals surface area contributed by atoms with E-state index in [1.54, 1.807) is 0 Å². The van der Waals surface area contributed by atoms with Gasteiger partial charge in [0.05, 0.1) is 13.3 Å². The molecule has 0 fully saturated rings. The van der Waals surface area contributed by atoms with Crippen LogP contribution in [0, 0.1) is 5.92 Å². The van der Waals surface area contributed by atoms with E-state index in [2.05, 4.69) is 18.9 Å². The van der Waals surface area contributed by atoms with Crippen LogP contribution < -0.4 is 0 Å². The van der Waals surface area contributed by atoms with Gasteiger partial charge in [-0.2, -0.15) is 87.8 Å². The first-order chi connectivity index (χ1) is 18.6. The average molecular weight is 698 g/mol. The highest BCUT2D eigenvalue weighted by molar-refractivity contribution is 5.09. The summed E-state index contributed by atoms with van der Waals surface area (Å²) in [5.74, 6) is -21.9. The minimum absolute atomic E-state index is 0.401. The van der Waals surface area contributed by atoms with Crippen LogP contribution in [0.15, 0.2) is 24.7 Å². The van der Waals surface area contributed by atoms with Crippen LogP contribution >= 0.6 is 0 Å². The van der Waals surface area contributed by atoms with Crippen LogP contribution in [0.3, 0.4) is 0 Å². The van der Waals surface area contributed by atoms with Crippen LogP contribution in [0.1, 0.15) is 6.92 Å². The van der Waals surface area contributed by atoms with Crippen LogP contribution in [-0.4, -0.2) is 68.3 Å². The van der Waals surface area contributed by atoms with Crippen LogP contribution in [-0.2, 0) is 18.9 Å². The maximum Gasteiger partial charge on any atom is 0.471 e. The summed E-state index contributed by atoms with van der Waals surface area (Å²) in [5.41, 5.74) is 0. The van der Waals surface area contributed by atoms with Crippen molar-refractivity contribution in [2.45, 2.75) is 61.3 Å². The van der Waals surface area contributed by atoms with E-state index in [0.717, 1.165) is 0 Å². The minimum atomic E-state index is -6.79. The van der Waals surface area contributed by atoms with Gasteiger partial charge in [-0.25, -0.2) is 4.39 Å². The lowest BCUT2D eigenvalue weighted by Crippen LogP contribution is -2.61. The molecule has 26 heteroatoms. The first-order valence-corrected chi connectivity index (χ1v) is 9.50.